The SMILES string of the molecule is COc1ccc(/C=C2\CCC(C)(C)C2=O)cc1. The highest BCUT2D eigenvalue weighted by Gasteiger charge is 2.36. The van der Waals surface area contributed by atoms with Crippen LogP contribution in [0.15, 0.2) is 29.8 Å². The maximum absolute atomic E-state index is 12.1. The number of hydrogen-bond acceptors (Lipinski definition) is 2. The van der Waals surface area contributed by atoms with Crippen molar-refractivity contribution in [2.75, 3.05) is 7.11 Å². The van der Waals surface area contributed by atoms with Crippen LogP contribution in [-0.4, -0.2) is 12.9 Å². The van der Waals surface area contributed by atoms with Crippen molar-refractivity contribution in [3.63, 3.8) is 0 Å². The summed E-state index contributed by atoms with van der Waals surface area (Å²) in [5.74, 6) is 1.12. The summed E-state index contributed by atoms with van der Waals surface area (Å²) in [6.07, 6.45) is 3.84. The van der Waals surface area contributed by atoms with Gasteiger partial charge in [-0.2, -0.15) is 0 Å². The van der Waals surface area contributed by atoms with E-state index in [1.807, 2.05) is 44.2 Å². The Morgan fingerprint density at radius 2 is 1.88 bits per heavy atom. The second-order valence-electron chi connectivity index (χ2n) is 5.16. The van der Waals surface area contributed by atoms with E-state index in [0.29, 0.717) is 0 Å². The van der Waals surface area contributed by atoms with Crippen molar-refractivity contribution in [3.05, 3.63) is 35.4 Å². The first-order chi connectivity index (χ1) is 8.03. The van der Waals surface area contributed by atoms with Crippen LogP contribution in [0.3, 0.4) is 0 Å². The highest BCUT2D eigenvalue weighted by Crippen LogP contribution is 2.37. The van der Waals surface area contributed by atoms with Gasteiger partial charge in [-0.1, -0.05) is 26.0 Å². The summed E-state index contributed by atoms with van der Waals surface area (Å²) in [4.78, 5) is 12.1. The predicted molar refractivity (Wildman–Crippen MR) is 69.0 cm³/mol. The molecule has 0 amide bonds. The van der Waals surface area contributed by atoms with E-state index in [2.05, 4.69) is 0 Å². The molecule has 0 atom stereocenters. The van der Waals surface area contributed by atoms with Crippen molar-refractivity contribution in [3.8, 4) is 5.75 Å². The Morgan fingerprint density at radius 1 is 1.24 bits per heavy atom. The molecule has 1 aliphatic rings. The molecule has 0 aliphatic heterocycles. The van der Waals surface area contributed by atoms with Crippen LogP contribution in [0, 0.1) is 5.41 Å². The molecule has 0 heterocycles. The van der Waals surface area contributed by atoms with Gasteiger partial charge in [0.05, 0.1) is 7.11 Å². The Kier molecular flexibility index (Phi) is 3.05. The van der Waals surface area contributed by atoms with E-state index in [1.165, 1.54) is 0 Å². The second kappa shape index (κ2) is 4.36. The molecule has 0 radical (unpaired) electrons. The third-order valence-electron chi connectivity index (χ3n) is 3.38. The third-order valence-corrected chi connectivity index (χ3v) is 3.38. The van der Waals surface area contributed by atoms with Crippen LogP contribution in [0.4, 0.5) is 0 Å². The fourth-order valence-electron chi connectivity index (χ4n) is 2.15. The van der Waals surface area contributed by atoms with Gasteiger partial charge >= 0.3 is 0 Å². The molecular weight excluding hydrogens is 212 g/mol. The molecule has 0 N–H and O–H groups in total. The van der Waals surface area contributed by atoms with E-state index >= 15 is 0 Å². The van der Waals surface area contributed by atoms with Crippen LogP contribution in [0.1, 0.15) is 32.3 Å². The molecule has 2 nitrogen and oxygen atoms in total. The lowest BCUT2D eigenvalue weighted by atomic mass is 9.90. The normalized spacial score (nSPS) is 20.9. The Morgan fingerprint density at radius 3 is 2.35 bits per heavy atom. The molecule has 1 aromatic carbocycles. The van der Waals surface area contributed by atoms with Crippen LogP contribution < -0.4 is 4.74 Å². The summed E-state index contributed by atoms with van der Waals surface area (Å²) < 4.78 is 5.11. The molecule has 0 saturated heterocycles. The van der Waals surface area contributed by atoms with E-state index in [9.17, 15) is 4.79 Å². The van der Waals surface area contributed by atoms with Crippen molar-refractivity contribution in [1.82, 2.24) is 0 Å². The Labute approximate surface area is 102 Å². The van der Waals surface area contributed by atoms with Crippen LogP contribution in [-0.2, 0) is 4.79 Å². The lowest BCUT2D eigenvalue weighted by Gasteiger charge is -2.12. The summed E-state index contributed by atoms with van der Waals surface area (Å²) >= 11 is 0. The minimum Gasteiger partial charge on any atom is -0.497 e. The highest BCUT2D eigenvalue weighted by atomic mass is 16.5. The van der Waals surface area contributed by atoms with Gasteiger partial charge in [-0.25, -0.2) is 0 Å². The van der Waals surface area contributed by atoms with Gasteiger partial charge in [0.1, 0.15) is 5.75 Å². The summed E-state index contributed by atoms with van der Waals surface area (Å²) in [5, 5.41) is 0. The number of carbonyl (C=O) groups excluding carboxylic acids is 1. The van der Waals surface area contributed by atoms with Gasteiger partial charge in [0, 0.05) is 5.41 Å². The Hall–Kier alpha value is -1.57. The fraction of sp³-hybridized carbons (Fsp3) is 0.400. The highest BCUT2D eigenvalue weighted by molar-refractivity contribution is 6.05. The first kappa shape index (κ1) is 11.9. The molecule has 90 valence electrons. The number of allylic oxidation sites excluding steroid dienone is 1. The number of rotatable bonds is 2. The molecule has 1 aliphatic carbocycles. The van der Waals surface area contributed by atoms with Gasteiger partial charge in [-0.15, -0.1) is 0 Å². The van der Waals surface area contributed by atoms with Crippen molar-refractivity contribution in [1.29, 1.82) is 0 Å². The van der Waals surface area contributed by atoms with Gasteiger partial charge in [-0.3, -0.25) is 4.79 Å². The van der Waals surface area contributed by atoms with Gasteiger partial charge < -0.3 is 4.74 Å². The van der Waals surface area contributed by atoms with Crippen LogP contribution in [0.2, 0.25) is 0 Å². The average molecular weight is 230 g/mol. The zero-order valence-electron chi connectivity index (χ0n) is 10.6. The number of carbonyl (C=O) groups is 1. The molecule has 1 saturated carbocycles. The molecule has 0 aromatic heterocycles. The summed E-state index contributed by atoms with van der Waals surface area (Å²) in [7, 11) is 1.65. The number of methoxy groups -OCH3 is 1. The van der Waals surface area contributed by atoms with Crippen LogP contribution in [0.5, 0.6) is 5.75 Å². The standard InChI is InChI=1S/C15H18O2/c1-15(2)9-8-12(14(15)16)10-11-4-6-13(17-3)7-5-11/h4-7,10H,8-9H2,1-3H3/b12-10+. The summed E-state index contributed by atoms with van der Waals surface area (Å²) in [6.45, 7) is 4.04. The van der Waals surface area contributed by atoms with Gasteiger partial charge in [-0.05, 0) is 42.2 Å². The lowest BCUT2D eigenvalue weighted by Crippen LogP contribution is -2.17. The maximum atomic E-state index is 12.1. The molecule has 0 spiro atoms. The van der Waals surface area contributed by atoms with Crippen molar-refractivity contribution < 1.29 is 9.53 Å². The molecular formula is C15H18O2. The topological polar surface area (TPSA) is 26.3 Å². The predicted octanol–water partition coefficient (Wildman–Crippen LogP) is 3.47. The molecule has 1 fully saturated rings. The molecule has 2 rings (SSSR count). The number of ether oxygens (including phenoxy) is 1. The number of ketones is 1. The lowest BCUT2D eigenvalue weighted by molar-refractivity contribution is -0.121. The van der Waals surface area contributed by atoms with E-state index in [1.54, 1.807) is 7.11 Å². The average Bonchev–Trinajstić information content (AvgIpc) is 2.57. The minimum absolute atomic E-state index is 0.182. The van der Waals surface area contributed by atoms with Crippen molar-refractivity contribution >= 4 is 11.9 Å². The zero-order chi connectivity index (χ0) is 12.5. The van der Waals surface area contributed by atoms with E-state index in [4.69, 9.17) is 4.74 Å². The molecule has 0 unspecified atom stereocenters. The van der Waals surface area contributed by atoms with Crippen molar-refractivity contribution in [2.45, 2.75) is 26.7 Å². The molecule has 1 aromatic rings. The van der Waals surface area contributed by atoms with Crippen molar-refractivity contribution in [2.24, 2.45) is 5.41 Å². The quantitative estimate of drug-likeness (QED) is 0.727. The fourth-order valence-corrected chi connectivity index (χ4v) is 2.15. The number of benzene rings is 1. The van der Waals surface area contributed by atoms with Gasteiger partial charge in [0.15, 0.2) is 5.78 Å². The van der Waals surface area contributed by atoms with E-state index in [-0.39, 0.29) is 11.2 Å². The first-order valence-corrected chi connectivity index (χ1v) is 5.92. The third kappa shape index (κ3) is 2.41. The zero-order valence-corrected chi connectivity index (χ0v) is 10.6. The van der Waals surface area contributed by atoms with E-state index < -0.39 is 0 Å². The van der Waals surface area contributed by atoms with Gasteiger partial charge in [0.25, 0.3) is 0 Å². The Balaban J connectivity index is 2.22. The summed E-state index contributed by atoms with van der Waals surface area (Å²) in [6, 6.07) is 7.78. The number of hydrogen-bond donors (Lipinski definition) is 0. The molecule has 17 heavy (non-hydrogen) atoms. The molecule has 2 heteroatoms. The van der Waals surface area contributed by atoms with Gasteiger partial charge in [0.2, 0.25) is 0 Å². The van der Waals surface area contributed by atoms with Crippen LogP contribution >= 0.6 is 0 Å². The summed E-state index contributed by atoms with van der Waals surface area (Å²) in [5.41, 5.74) is 1.82. The maximum Gasteiger partial charge on any atom is 0.164 e. The minimum atomic E-state index is -0.182. The van der Waals surface area contributed by atoms with Crippen LogP contribution in [0.25, 0.3) is 6.08 Å². The first-order valence-electron chi connectivity index (χ1n) is 5.92. The number of Topliss-reactive ketones (excluding diaryl/α,β-unsaturated/α-hetero) is 1. The van der Waals surface area contributed by atoms with E-state index in [0.717, 1.165) is 29.7 Å². The second-order valence-corrected chi connectivity index (χ2v) is 5.16. The Bertz CT molecular complexity index is 452. The molecule has 0 bridgehead atoms. The largest absolute Gasteiger partial charge is 0.497 e. The smallest absolute Gasteiger partial charge is 0.164 e. The monoisotopic (exact) mass is 230 g/mol.